The number of benzene rings is 1. The van der Waals surface area contributed by atoms with Crippen LogP contribution < -0.4 is 9.58 Å². The van der Waals surface area contributed by atoms with Crippen molar-refractivity contribution in [3.05, 3.63) is 28.4 Å². The third-order valence-corrected chi connectivity index (χ3v) is 1.95. The fraction of sp³-hybridized carbons (Fsp3) is 0.125. The van der Waals surface area contributed by atoms with Gasteiger partial charge in [-0.25, -0.2) is 0 Å². The van der Waals surface area contributed by atoms with Crippen LogP contribution in [-0.4, -0.2) is 17.2 Å². The van der Waals surface area contributed by atoms with Crippen LogP contribution in [0.5, 0.6) is 6.01 Å². The van der Waals surface area contributed by atoms with Crippen LogP contribution >= 0.6 is 11.6 Å². The Morgan fingerprint density at radius 2 is 2.29 bits per heavy atom. The smallest absolute Gasteiger partial charge is 0.381 e. The SMILES string of the molecule is COc1nc2ccc(Cl)cc2[n+]([O-])n1. The van der Waals surface area contributed by atoms with Crippen LogP contribution in [0.25, 0.3) is 11.0 Å². The summed E-state index contributed by atoms with van der Waals surface area (Å²) in [4.78, 5) is 4.42. The maximum atomic E-state index is 11.3. The van der Waals surface area contributed by atoms with E-state index in [0.29, 0.717) is 20.9 Å². The number of fused-ring (bicyclic) bond motifs is 1. The second kappa shape index (κ2) is 3.26. The molecular weight excluding hydrogens is 206 g/mol. The number of rotatable bonds is 1. The van der Waals surface area contributed by atoms with E-state index in [1.807, 2.05) is 0 Å². The standard InChI is InChI=1S/C8H6ClN3O2/c1-14-8-10-6-3-2-5(9)4-7(6)12(13)11-8/h2-4H,1H3. The van der Waals surface area contributed by atoms with Gasteiger partial charge in [-0.15, -0.1) is 0 Å². The first kappa shape index (κ1) is 8.96. The van der Waals surface area contributed by atoms with E-state index in [-0.39, 0.29) is 6.01 Å². The van der Waals surface area contributed by atoms with Crippen LogP contribution in [0, 0.1) is 5.21 Å². The lowest BCUT2D eigenvalue weighted by Crippen LogP contribution is -2.32. The monoisotopic (exact) mass is 211 g/mol. The average Bonchev–Trinajstić information content (AvgIpc) is 2.19. The molecule has 0 unspecified atom stereocenters. The highest BCUT2D eigenvalue weighted by Crippen LogP contribution is 2.15. The van der Waals surface area contributed by atoms with Gasteiger partial charge >= 0.3 is 6.01 Å². The molecule has 1 heterocycles. The first-order chi connectivity index (χ1) is 6.70. The Balaban J connectivity index is 2.76. The van der Waals surface area contributed by atoms with E-state index in [0.717, 1.165) is 0 Å². The molecule has 0 aliphatic carbocycles. The van der Waals surface area contributed by atoms with Gasteiger partial charge in [0, 0.05) is 11.1 Å². The van der Waals surface area contributed by atoms with Crippen LogP contribution in [-0.2, 0) is 0 Å². The van der Waals surface area contributed by atoms with Crippen LogP contribution in [0.4, 0.5) is 0 Å². The average molecular weight is 212 g/mol. The largest absolute Gasteiger partial charge is 0.594 e. The Morgan fingerprint density at radius 1 is 1.50 bits per heavy atom. The second-order valence-electron chi connectivity index (χ2n) is 2.60. The molecule has 0 aliphatic heterocycles. The van der Waals surface area contributed by atoms with Gasteiger partial charge < -0.3 is 9.94 Å². The molecule has 1 aromatic heterocycles. The normalized spacial score (nSPS) is 10.4. The van der Waals surface area contributed by atoms with Gasteiger partial charge in [0.05, 0.1) is 12.2 Å². The van der Waals surface area contributed by atoms with E-state index in [4.69, 9.17) is 16.3 Å². The Bertz CT molecular complexity index is 489. The van der Waals surface area contributed by atoms with Crippen molar-refractivity contribution < 1.29 is 9.58 Å². The van der Waals surface area contributed by atoms with Gasteiger partial charge in [0.25, 0.3) is 5.52 Å². The van der Waals surface area contributed by atoms with E-state index in [1.54, 1.807) is 12.1 Å². The van der Waals surface area contributed by atoms with Crippen molar-refractivity contribution in [2.24, 2.45) is 0 Å². The molecule has 14 heavy (non-hydrogen) atoms. The lowest BCUT2D eigenvalue weighted by Gasteiger charge is -2.00. The van der Waals surface area contributed by atoms with E-state index >= 15 is 0 Å². The molecule has 0 amide bonds. The Labute approximate surface area is 84.5 Å². The van der Waals surface area contributed by atoms with Crippen molar-refractivity contribution in [2.45, 2.75) is 0 Å². The second-order valence-corrected chi connectivity index (χ2v) is 3.04. The highest BCUT2D eigenvalue weighted by atomic mass is 35.5. The maximum absolute atomic E-state index is 11.3. The van der Waals surface area contributed by atoms with E-state index in [9.17, 15) is 5.21 Å². The molecule has 0 saturated carbocycles. The first-order valence-electron chi connectivity index (χ1n) is 3.82. The molecule has 0 spiro atoms. The van der Waals surface area contributed by atoms with E-state index in [1.165, 1.54) is 13.2 Å². The predicted molar refractivity (Wildman–Crippen MR) is 50.1 cm³/mol. The summed E-state index contributed by atoms with van der Waals surface area (Å²) < 4.78 is 4.76. The van der Waals surface area contributed by atoms with Gasteiger partial charge in [-0.05, 0) is 17.0 Å². The molecule has 1 aromatic carbocycles. The quantitative estimate of drug-likeness (QED) is 0.520. The molecule has 0 fully saturated rings. The molecule has 2 rings (SSSR count). The van der Waals surface area contributed by atoms with Gasteiger partial charge in [-0.1, -0.05) is 11.6 Å². The van der Waals surface area contributed by atoms with Crippen LogP contribution in [0.3, 0.4) is 0 Å². The molecule has 0 radical (unpaired) electrons. The summed E-state index contributed by atoms with van der Waals surface area (Å²) >= 11 is 5.73. The zero-order chi connectivity index (χ0) is 10.1. The molecular formula is C8H6ClN3O2. The maximum Gasteiger partial charge on any atom is 0.381 e. The summed E-state index contributed by atoms with van der Waals surface area (Å²) in [6.07, 6.45) is 0. The summed E-state index contributed by atoms with van der Waals surface area (Å²) in [7, 11) is 1.40. The van der Waals surface area contributed by atoms with Crippen molar-refractivity contribution >= 4 is 22.6 Å². The van der Waals surface area contributed by atoms with Crippen LogP contribution in [0.2, 0.25) is 5.02 Å². The summed E-state index contributed by atoms with van der Waals surface area (Å²) in [5.74, 6) is 0. The topological polar surface area (TPSA) is 62.0 Å². The van der Waals surface area contributed by atoms with Gasteiger partial charge in [0.1, 0.15) is 5.52 Å². The fourth-order valence-corrected chi connectivity index (χ4v) is 1.25. The number of ether oxygens (including phenoxy) is 1. The summed E-state index contributed by atoms with van der Waals surface area (Å²) in [5.41, 5.74) is 0.814. The van der Waals surface area contributed by atoms with Crippen molar-refractivity contribution in [3.63, 3.8) is 0 Å². The Morgan fingerprint density at radius 3 is 3.00 bits per heavy atom. The summed E-state index contributed by atoms with van der Waals surface area (Å²) in [6.45, 7) is 0. The third-order valence-electron chi connectivity index (χ3n) is 1.72. The zero-order valence-corrected chi connectivity index (χ0v) is 8.02. The van der Waals surface area contributed by atoms with Crippen LogP contribution in [0.15, 0.2) is 18.2 Å². The minimum absolute atomic E-state index is 0.0369. The highest BCUT2D eigenvalue weighted by Gasteiger charge is 2.10. The molecule has 0 aliphatic rings. The summed E-state index contributed by atoms with van der Waals surface area (Å²) in [5, 5.41) is 15.3. The minimum atomic E-state index is 0.0369. The van der Waals surface area contributed by atoms with Gasteiger partial charge in [0.15, 0.2) is 0 Å². The lowest BCUT2D eigenvalue weighted by molar-refractivity contribution is -0.643. The molecule has 0 atom stereocenters. The highest BCUT2D eigenvalue weighted by molar-refractivity contribution is 6.31. The fourth-order valence-electron chi connectivity index (χ4n) is 1.09. The molecule has 0 N–H and O–H groups in total. The molecule has 0 bridgehead atoms. The minimum Gasteiger partial charge on any atom is -0.594 e. The number of hydrogen-bond acceptors (Lipinski definition) is 4. The molecule has 5 nitrogen and oxygen atoms in total. The number of halogens is 1. The Hall–Kier alpha value is -1.62. The van der Waals surface area contributed by atoms with Gasteiger partial charge in [-0.2, -0.15) is 4.98 Å². The van der Waals surface area contributed by atoms with Crippen molar-refractivity contribution in [1.82, 2.24) is 10.1 Å². The first-order valence-corrected chi connectivity index (χ1v) is 4.19. The van der Waals surface area contributed by atoms with E-state index < -0.39 is 0 Å². The zero-order valence-electron chi connectivity index (χ0n) is 7.27. The van der Waals surface area contributed by atoms with Gasteiger partial charge in [-0.3, -0.25) is 0 Å². The molecule has 72 valence electrons. The van der Waals surface area contributed by atoms with Gasteiger partial charge in [0.2, 0.25) is 0 Å². The number of methoxy groups -OCH3 is 1. The van der Waals surface area contributed by atoms with Crippen LogP contribution in [0.1, 0.15) is 0 Å². The number of nitrogens with zero attached hydrogens (tertiary/aromatic N) is 3. The number of aromatic nitrogens is 3. The molecule has 6 heteroatoms. The van der Waals surface area contributed by atoms with Crippen molar-refractivity contribution in [2.75, 3.05) is 7.11 Å². The third kappa shape index (κ3) is 1.42. The molecule has 0 saturated heterocycles. The predicted octanol–water partition coefficient (Wildman–Crippen LogP) is 0.925. The summed E-state index contributed by atoms with van der Waals surface area (Å²) in [6, 6.07) is 4.82. The van der Waals surface area contributed by atoms with Crippen molar-refractivity contribution in [3.8, 4) is 6.01 Å². The molecule has 2 aromatic rings. The Kier molecular flexibility index (Phi) is 2.09. The van der Waals surface area contributed by atoms with E-state index in [2.05, 4.69) is 10.1 Å². The van der Waals surface area contributed by atoms with Crippen molar-refractivity contribution in [1.29, 1.82) is 0 Å². The number of hydrogen-bond donors (Lipinski definition) is 0. The lowest BCUT2D eigenvalue weighted by atomic mass is 10.3.